The molecule has 0 aliphatic carbocycles. The molecule has 1 saturated heterocycles. The van der Waals surface area contributed by atoms with Crippen molar-refractivity contribution >= 4 is 17.7 Å². The average Bonchev–Trinajstić information content (AvgIpc) is 2.89. The number of rotatable bonds is 5. The molecule has 1 aliphatic heterocycles. The molecular weight excluding hydrogens is 234 g/mol. The lowest BCUT2D eigenvalue weighted by Gasteiger charge is -2.09. The molecule has 0 saturated carbocycles. The minimum atomic E-state index is -0.108. The van der Waals surface area contributed by atoms with Gasteiger partial charge in [0.25, 0.3) is 0 Å². The van der Waals surface area contributed by atoms with Crippen LogP contribution in [0.15, 0.2) is 30.3 Å². The second-order valence-electron chi connectivity index (χ2n) is 4.03. The second kappa shape index (κ2) is 6.67. The second-order valence-corrected chi connectivity index (χ2v) is 5.06. The van der Waals surface area contributed by atoms with Crippen molar-refractivity contribution < 1.29 is 9.53 Å². The zero-order chi connectivity index (χ0) is 11.9. The molecule has 3 nitrogen and oxygen atoms in total. The van der Waals surface area contributed by atoms with Crippen LogP contribution in [0.4, 0.5) is 0 Å². The van der Waals surface area contributed by atoms with E-state index < -0.39 is 0 Å². The number of benzene rings is 1. The van der Waals surface area contributed by atoms with Crippen LogP contribution in [0.2, 0.25) is 0 Å². The fourth-order valence-electron chi connectivity index (χ4n) is 1.74. The molecule has 1 atom stereocenters. The van der Waals surface area contributed by atoms with Crippen molar-refractivity contribution in [2.24, 2.45) is 0 Å². The van der Waals surface area contributed by atoms with Gasteiger partial charge in [0.15, 0.2) is 0 Å². The van der Waals surface area contributed by atoms with Crippen molar-refractivity contribution in [1.82, 2.24) is 5.32 Å². The molecule has 0 bridgehead atoms. The molecule has 1 heterocycles. The summed E-state index contributed by atoms with van der Waals surface area (Å²) in [5.41, 5.74) is 1.29. The van der Waals surface area contributed by atoms with Gasteiger partial charge in [0.1, 0.15) is 6.04 Å². The molecule has 1 fully saturated rings. The van der Waals surface area contributed by atoms with E-state index in [0.29, 0.717) is 6.61 Å². The first-order chi connectivity index (χ1) is 8.36. The zero-order valence-electron chi connectivity index (χ0n) is 9.72. The minimum absolute atomic E-state index is 0.100. The molecule has 0 radical (unpaired) electrons. The lowest BCUT2D eigenvalue weighted by molar-refractivity contribution is -0.145. The van der Waals surface area contributed by atoms with Crippen LogP contribution in [0.5, 0.6) is 0 Å². The predicted octanol–water partition coefficient (Wildman–Crippen LogP) is 1.82. The number of hydrogen-bond acceptors (Lipinski definition) is 4. The fourth-order valence-corrected chi connectivity index (χ4v) is 2.67. The number of aryl methyl sites for hydroxylation is 1. The summed E-state index contributed by atoms with van der Waals surface area (Å²) in [5, 5.41) is 3.10. The summed E-state index contributed by atoms with van der Waals surface area (Å²) in [4.78, 5) is 11.6. The van der Waals surface area contributed by atoms with Crippen LogP contribution in [-0.4, -0.2) is 30.2 Å². The van der Waals surface area contributed by atoms with Crippen LogP contribution in [-0.2, 0) is 16.0 Å². The molecule has 1 aliphatic rings. The Bertz CT molecular complexity index is 350. The molecule has 17 heavy (non-hydrogen) atoms. The van der Waals surface area contributed by atoms with Gasteiger partial charge in [-0.05, 0) is 18.4 Å². The lowest BCUT2D eigenvalue weighted by atomic mass is 10.1. The summed E-state index contributed by atoms with van der Waals surface area (Å²) >= 11 is 1.73. The Morgan fingerprint density at radius 1 is 1.41 bits per heavy atom. The average molecular weight is 251 g/mol. The molecule has 0 aromatic heterocycles. The Morgan fingerprint density at radius 2 is 2.24 bits per heavy atom. The van der Waals surface area contributed by atoms with Crippen LogP contribution in [0.3, 0.4) is 0 Å². The van der Waals surface area contributed by atoms with Gasteiger partial charge in [0, 0.05) is 11.6 Å². The molecule has 0 spiro atoms. The van der Waals surface area contributed by atoms with Crippen molar-refractivity contribution in [3.63, 3.8) is 0 Å². The molecule has 1 aromatic rings. The van der Waals surface area contributed by atoms with Gasteiger partial charge in [0.05, 0.1) is 6.61 Å². The van der Waals surface area contributed by atoms with Gasteiger partial charge in [-0.25, -0.2) is 0 Å². The van der Waals surface area contributed by atoms with Crippen molar-refractivity contribution in [3.05, 3.63) is 35.9 Å². The Hall–Kier alpha value is -1.00. The quantitative estimate of drug-likeness (QED) is 0.640. The van der Waals surface area contributed by atoms with Gasteiger partial charge < -0.3 is 4.74 Å². The molecule has 1 aromatic carbocycles. The summed E-state index contributed by atoms with van der Waals surface area (Å²) in [6.45, 7) is 0.510. The third kappa shape index (κ3) is 4.06. The van der Waals surface area contributed by atoms with Gasteiger partial charge in [-0.3, -0.25) is 10.1 Å². The van der Waals surface area contributed by atoms with Crippen LogP contribution in [0.1, 0.15) is 12.0 Å². The molecular formula is C13H17NO2S. The summed E-state index contributed by atoms with van der Waals surface area (Å²) in [7, 11) is 0. The molecule has 92 valence electrons. The van der Waals surface area contributed by atoms with Crippen molar-refractivity contribution in [1.29, 1.82) is 0 Å². The third-order valence-corrected chi connectivity index (χ3v) is 3.64. The van der Waals surface area contributed by atoms with E-state index in [-0.39, 0.29) is 12.0 Å². The number of hydrogen-bond donors (Lipinski definition) is 1. The summed E-state index contributed by atoms with van der Waals surface area (Å²) in [6, 6.07) is 10.2. The lowest BCUT2D eigenvalue weighted by Crippen LogP contribution is -2.34. The van der Waals surface area contributed by atoms with Gasteiger partial charge >= 0.3 is 5.97 Å². The van der Waals surface area contributed by atoms with Crippen LogP contribution >= 0.6 is 11.8 Å². The van der Waals surface area contributed by atoms with Crippen molar-refractivity contribution in [2.45, 2.75) is 18.9 Å². The number of nitrogens with one attached hydrogen (secondary N) is 1. The molecule has 0 amide bonds. The number of thioether (sulfide) groups is 1. The highest BCUT2D eigenvalue weighted by molar-refractivity contribution is 7.99. The molecule has 4 heteroatoms. The van der Waals surface area contributed by atoms with Gasteiger partial charge in [-0.15, -0.1) is 11.8 Å². The van der Waals surface area contributed by atoms with Gasteiger partial charge in [-0.1, -0.05) is 30.3 Å². The SMILES string of the molecule is O=C(OCCCc1ccccc1)[C@@H]1CSCN1. The van der Waals surface area contributed by atoms with Crippen molar-refractivity contribution in [3.8, 4) is 0 Å². The predicted molar refractivity (Wildman–Crippen MR) is 70.0 cm³/mol. The first kappa shape index (κ1) is 12.5. The fraction of sp³-hybridized carbons (Fsp3) is 0.462. The maximum Gasteiger partial charge on any atom is 0.324 e. The normalized spacial score (nSPS) is 19.2. The maximum atomic E-state index is 11.6. The topological polar surface area (TPSA) is 38.3 Å². The molecule has 0 unspecified atom stereocenters. The highest BCUT2D eigenvalue weighted by Crippen LogP contribution is 2.11. The Kier molecular flexibility index (Phi) is 4.88. The van der Waals surface area contributed by atoms with E-state index in [1.54, 1.807) is 11.8 Å². The largest absolute Gasteiger partial charge is 0.464 e. The van der Waals surface area contributed by atoms with E-state index in [9.17, 15) is 4.79 Å². The minimum Gasteiger partial charge on any atom is -0.464 e. The first-order valence-corrected chi connectivity index (χ1v) is 7.03. The molecule has 2 rings (SSSR count). The Balaban J connectivity index is 1.61. The van der Waals surface area contributed by atoms with E-state index in [0.717, 1.165) is 24.5 Å². The first-order valence-electron chi connectivity index (χ1n) is 5.88. The van der Waals surface area contributed by atoms with Crippen LogP contribution in [0.25, 0.3) is 0 Å². The zero-order valence-corrected chi connectivity index (χ0v) is 10.5. The smallest absolute Gasteiger partial charge is 0.324 e. The van der Waals surface area contributed by atoms with E-state index in [4.69, 9.17) is 4.74 Å². The van der Waals surface area contributed by atoms with E-state index in [2.05, 4.69) is 17.4 Å². The number of carbonyl (C=O) groups is 1. The van der Waals surface area contributed by atoms with Crippen LogP contribution < -0.4 is 5.32 Å². The van der Waals surface area contributed by atoms with E-state index in [1.807, 2.05) is 18.2 Å². The monoisotopic (exact) mass is 251 g/mol. The highest BCUT2D eigenvalue weighted by atomic mass is 32.2. The van der Waals surface area contributed by atoms with E-state index >= 15 is 0 Å². The summed E-state index contributed by atoms with van der Waals surface area (Å²) < 4.78 is 5.23. The third-order valence-electron chi connectivity index (χ3n) is 2.70. The van der Waals surface area contributed by atoms with Gasteiger partial charge in [0.2, 0.25) is 0 Å². The standard InChI is InChI=1S/C13H17NO2S/c15-13(12-9-17-10-14-12)16-8-4-7-11-5-2-1-3-6-11/h1-3,5-6,12,14H,4,7-10H2/t12-/m0/s1. The number of carbonyl (C=O) groups excluding carboxylic acids is 1. The van der Waals surface area contributed by atoms with Crippen LogP contribution in [0, 0.1) is 0 Å². The summed E-state index contributed by atoms with van der Waals surface area (Å²) in [6.07, 6.45) is 1.84. The van der Waals surface area contributed by atoms with E-state index in [1.165, 1.54) is 5.56 Å². The maximum absolute atomic E-state index is 11.6. The number of esters is 1. The Labute approximate surface area is 106 Å². The molecule has 1 N–H and O–H groups in total. The number of ether oxygens (including phenoxy) is 1. The summed E-state index contributed by atoms with van der Waals surface area (Å²) in [5.74, 6) is 1.57. The highest BCUT2D eigenvalue weighted by Gasteiger charge is 2.23. The Morgan fingerprint density at radius 3 is 2.94 bits per heavy atom. The van der Waals surface area contributed by atoms with Gasteiger partial charge in [-0.2, -0.15) is 0 Å². The van der Waals surface area contributed by atoms with Crippen molar-refractivity contribution in [2.75, 3.05) is 18.2 Å².